The molecule has 0 aliphatic carbocycles. The van der Waals surface area contributed by atoms with Crippen LogP contribution < -0.4 is 15.0 Å². The van der Waals surface area contributed by atoms with Gasteiger partial charge >= 0.3 is 5.97 Å². The lowest BCUT2D eigenvalue weighted by Crippen LogP contribution is -2.32. The van der Waals surface area contributed by atoms with E-state index >= 15 is 0 Å². The van der Waals surface area contributed by atoms with Crippen molar-refractivity contribution in [2.45, 2.75) is 19.8 Å². The second-order valence-electron chi connectivity index (χ2n) is 7.90. The highest BCUT2D eigenvalue weighted by molar-refractivity contribution is 9.10. The molecule has 2 amide bonds. The number of halogens is 2. The standard InChI is InChI=1S/C26H20BrClN2O4/c1-15(2)20-5-3-4-6-21(20)34-26(33)16-7-11-18(12-8-16)29-23-22(28)24(31)30(25(23)32)19-13-9-17(27)10-14-19/h3-15,29H,1-2H3. The minimum Gasteiger partial charge on any atom is -0.423 e. The summed E-state index contributed by atoms with van der Waals surface area (Å²) in [5.41, 5.74) is 2.15. The van der Waals surface area contributed by atoms with E-state index < -0.39 is 17.8 Å². The quantitative estimate of drug-likeness (QED) is 0.228. The van der Waals surface area contributed by atoms with E-state index in [4.69, 9.17) is 16.3 Å². The number of para-hydroxylation sites is 1. The van der Waals surface area contributed by atoms with Crippen molar-refractivity contribution in [3.63, 3.8) is 0 Å². The van der Waals surface area contributed by atoms with Crippen molar-refractivity contribution in [3.05, 3.63) is 99.1 Å². The van der Waals surface area contributed by atoms with Crippen LogP contribution in [-0.2, 0) is 9.59 Å². The van der Waals surface area contributed by atoms with Gasteiger partial charge in [0, 0.05) is 10.2 Å². The molecule has 3 aromatic carbocycles. The summed E-state index contributed by atoms with van der Waals surface area (Å²) in [4.78, 5) is 39.1. The first kappa shape index (κ1) is 23.7. The van der Waals surface area contributed by atoms with Gasteiger partial charge in [-0.1, -0.05) is 59.6 Å². The molecule has 0 saturated heterocycles. The molecule has 34 heavy (non-hydrogen) atoms. The highest BCUT2D eigenvalue weighted by Crippen LogP contribution is 2.31. The third kappa shape index (κ3) is 4.76. The van der Waals surface area contributed by atoms with Crippen molar-refractivity contribution in [1.29, 1.82) is 0 Å². The van der Waals surface area contributed by atoms with Crippen molar-refractivity contribution in [2.75, 3.05) is 10.2 Å². The number of rotatable bonds is 6. The minimum absolute atomic E-state index is 0.0317. The summed E-state index contributed by atoms with van der Waals surface area (Å²) in [5, 5.41) is 2.69. The van der Waals surface area contributed by atoms with Gasteiger partial charge < -0.3 is 10.1 Å². The molecule has 6 nitrogen and oxygen atoms in total. The zero-order valence-electron chi connectivity index (χ0n) is 18.3. The van der Waals surface area contributed by atoms with Gasteiger partial charge in [0.15, 0.2) is 0 Å². The number of imide groups is 1. The van der Waals surface area contributed by atoms with Crippen molar-refractivity contribution >= 4 is 56.7 Å². The van der Waals surface area contributed by atoms with Gasteiger partial charge in [-0.2, -0.15) is 0 Å². The van der Waals surface area contributed by atoms with Gasteiger partial charge in [0.1, 0.15) is 16.5 Å². The van der Waals surface area contributed by atoms with Gasteiger partial charge in [0.25, 0.3) is 11.8 Å². The first-order valence-corrected chi connectivity index (χ1v) is 11.7. The molecule has 0 spiro atoms. The maximum atomic E-state index is 12.9. The molecule has 3 aromatic rings. The van der Waals surface area contributed by atoms with E-state index in [2.05, 4.69) is 21.2 Å². The number of nitrogens with zero attached hydrogens (tertiary/aromatic N) is 1. The largest absolute Gasteiger partial charge is 0.423 e. The number of hydrogen-bond donors (Lipinski definition) is 1. The zero-order valence-corrected chi connectivity index (χ0v) is 20.7. The fourth-order valence-corrected chi connectivity index (χ4v) is 3.96. The second-order valence-corrected chi connectivity index (χ2v) is 9.19. The van der Waals surface area contributed by atoms with Crippen molar-refractivity contribution in [2.24, 2.45) is 0 Å². The third-order valence-corrected chi connectivity index (χ3v) is 6.13. The Hall–Kier alpha value is -3.42. The summed E-state index contributed by atoms with van der Waals surface area (Å²) in [6.07, 6.45) is 0. The molecule has 1 aliphatic heterocycles. The number of hydrogen-bond acceptors (Lipinski definition) is 5. The first-order chi connectivity index (χ1) is 16.3. The summed E-state index contributed by atoms with van der Waals surface area (Å²) < 4.78 is 6.41. The van der Waals surface area contributed by atoms with Crippen LogP contribution in [0.15, 0.2) is 88.0 Å². The fourth-order valence-electron chi connectivity index (χ4n) is 3.48. The normalized spacial score (nSPS) is 13.6. The summed E-state index contributed by atoms with van der Waals surface area (Å²) in [5.74, 6) is -0.945. The third-order valence-electron chi connectivity index (χ3n) is 5.25. The number of amides is 2. The maximum Gasteiger partial charge on any atom is 0.343 e. The molecule has 0 fully saturated rings. The zero-order chi connectivity index (χ0) is 24.4. The Labute approximate surface area is 210 Å². The molecule has 172 valence electrons. The Morgan fingerprint density at radius 3 is 2.24 bits per heavy atom. The molecule has 0 aromatic heterocycles. The minimum atomic E-state index is -0.611. The van der Waals surface area contributed by atoms with Crippen LogP contribution in [0.1, 0.15) is 35.7 Å². The molecule has 0 saturated carbocycles. The molecule has 0 radical (unpaired) electrons. The van der Waals surface area contributed by atoms with E-state index in [0.29, 0.717) is 22.7 Å². The number of carbonyl (C=O) groups is 3. The highest BCUT2D eigenvalue weighted by atomic mass is 79.9. The summed E-state index contributed by atoms with van der Waals surface area (Å²) >= 11 is 9.51. The number of anilines is 2. The molecule has 0 atom stereocenters. The molecule has 0 bridgehead atoms. The Morgan fingerprint density at radius 1 is 0.941 bits per heavy atom. The van der Waals surface area contributed by atoms with Gasteiger partial charge in [0.2, 0.25) is 0 Å². The van der Waals surface area contributed by atoms with Gasteiger partial charge in [-0.05, 0) is 66.1 Å². The maximum absolute atomic E-state index is 12.9. The van der Waals surface area contributed by atoms with Gasteiger partial charge in [-0.15, -0.1) is 0 Å². The highest BCUT2D eigenvalue weighted by Gasteiger charge is 2.38. The number of ether oxygens (including phenoxy) is 1. The van der Waals surface area contributed by atoms with Crippen molar-refractivity contribution in [1.82, 2.24) is 0 Å². The van der Waals surface area contributed by atoms with Crippen LogP contribution >= 0.6 is 27.5 Å². The Balaban J connectivity index is 1.48. The molecule has 1 aliphatic rings. The number of nitrogens with one attached hydrogen (secondary N) is 1. The smallest absolute Gasteiger partial charge is 0.343 e. The predicted molar refractivity (Wildman–Crippen MR) is 135 cm³/mol. The van der Waals surface area contributed by atoms with E-state index in [1.54, 1.807) is 54.6 Å². The molecular weight excluding hydrogens is 520 g/mol. The van der Waals surface area contributed by atoms with E-state index in [0.717, 1.165) is 14.9 Å². The second kappa shape index (κ2) is 9.83. The summed E-state index contributed by atoms with van der Waals surface area (Å²) in [6, 6.07) is 20.5. The lowest BCUT2D eigenvalue weighted by atomic mass is 10.0. The predicted octanol–water partition coefficient (Wildman–Crippen LogP) is 6.23. The average Bonchev–Trinajstić information content (AvgIpc) is 3.03. The first-order valence-electron chi connectivity index (χ1n) is 10.5. The van der Waals surface area contributed by atoms with Crippen LogP contribution in [-0.4, -0.2) is 17.8 Å². The van der Waals surface area contributed by atoms with Crippen LogP contribution in [0.4, 0.5) is 11.4 Å². The average molecular weight is 540 g/mol. The lowest BCUT2D eigenvalue weighted by molar-refractivity contribution is -0.120. The van der Waals surface area contributed by atoms with Gasteiger partial charge in [-0.25, -0.2) is 9.69 Å². The topological polar surface area (TPSA) is 75.7 Å². The van der Waals surface area contributed by atoms with E-state index in [-0.39, 0.29) is 16.6 Å². The molecule has 4 rings (SSSR count). The van der Waals surface area contributed by atoms with Crippen molar-refractivity contribution < 1.29 is 19.1 Å². The molecule has 8 heteroatoms. The summed E-state index contributed by atoms with van der Waals surface area (Å²) in [7, 11) is 0. The van der Waals surface area contributed by atoms with E-state index in [9.17, 15) is 14.4 Å². The Morgan fingerprint density at radius 2 is 1.59 bits per heavy atom. The summed E-state index contributed by atoms with van der Waals surface area (Å²) in [6.45, 7) is 4.06. The van der Waals surface area contributed by atoms with Crippen LogP contribution in [0.25, 0.3) is 0 Å². The number of esters is 1. The number of benzene rings is 3. The van der Waals surface area contributed by atoms with Crippen LogP contribution in [0.2, 0.25) is 0 Å². The molecular formula is C26H20BrClN2O4. The lowest BCUT2D eigenvalue weighted by Gasteiger charge is -2.15. The molecule has 0 unspecified atom stereocenters. The van der Waals surface area contributed by atoms with E-state index in [1.807, 2.05) is 32.0 Å². The van der Waals surface area contributed by atoms with Crippen LogP contribution in [0.3, 0.4) is 0 Å². The monoisotopic (exact) mass is 538 g/mol. The van der Waals surface area contributed by atoms with E-state index in [1.165, 1.54) is 0 Å². The Bertz CT molecular complexity index is 1300. The van der Waals surface area contributed by atoms with Crippen molar-refractivity contribution in [3.8, 4) is 5.75 Å². The van der Waals surface area contributed by atoms with Gasteiger partial charge in [0.05, 0.1) is 11.3 Å². The van der Waals surface area contributed by atoms with Gasteiger partial charge in [-0.3, -0.25) is 9.59 Å². The molecule has 1 N–H and O–H groups in total. The SMILES string of the molecule is CC(C)c1ccccc1OC(=O)c1ccc(NC2=C(Cl)C(=O)N(c3ccc(Br)cc3)C2=O)cc1. The molecule has 1 heterocycles. The number of carbonyl (C=O) groups excluding carboxylic acids is 3. The van der Waals surface area contributed by atoms with Crippen LogP contribution in [0, 0.1) is 0 Å². The van der Waals surface area contributed by atoms with Crippen LogP contribution in [0.5, 0.6) is 5.75 Å². The fraction of sp³-hybridized carbons (Fsp3) is 0.115. The Kier molecular flexibility index (Phi) is 6.86.